The molecule has 0 spiro atoms. The third kappa shape index (κ3) is 8.45. The molecule has 1 atom stereocenters. The van der Waals surface area contributed by atoms with E-state index in [0.717, 1.165) is 60.1 Å². The SMILES string of the molecule is CCCCCCCCc1ccc(C(=S)OC(CCC)(CCCC)c2cccc(-c3ccccc3)c2S)cc1. The second kappa shape index (κ2) is 16.1. The van der Waals surface area contributed by atoms with Crippen molar-refractivity contribution in [2.75, 3.05) is 0 Å². The predicted molar refractivity (Wildman–Crippen MR) is 172 cm³/mol. The Labute approximate surface area is 242 Å². The summed E-state index contributed by atoms with van der Waals surface area (Å²) in [4.78, 5) is 0.986. The lowest BCUT2D eigenvalue weighted by Gasteiger charge is -2.37. The minimum Gasteiger partial charge on any atom is -0.472 e. The number of thiol groups is 1. The topological polar surface area (TPSA) is 9.23 Å². The zero-order valence-electron chi connectivity index (χ0n) is 23.7. The highest BCUT2D eigenvalue weighted by Gasteiger charge is 2.36. The third-order valence-corrected chi connectivity index (χ3v) is 8.30. The lowest BCUT2D eigenvalue weighted by atomic mass is 9.83. The van der Waals surface area contributed by atoms with Crippen molar-refractivity contribution in [3.05, 3.63) is 89.5 Å². The van der Waals surface area contributed by atoms with E-state index in [9.17, 15) is 0 Å². The molecular formula is C35H46OS2. The number of hydrogen-bond donors (Lipinski definition) is 1. The van der Waals surface area contributed by atoms with E-state index in [0.29, 0.717) is 5.05 Å². The molecule has 0 bridgehead atoms. The van der Waals surface area contributed by atoms with Crippen molar-refractivity contribution in [1.29, 1.82) is 0 Å². The molecule has 3 heteroatoms. The van der Waals surface area contributed by atoms with E-state index in [1.165, 1.54) is 49.7 Å². The van der Waals surface area contributed by atoms with Gasteiger partial charge in [0.05, 0.1) is 0 Å². The Morgan fingerprint density at radius 2 is 1.39 bits per heavy atom. The van der Waals surface area contributed by atoms with Crippen molar-refractivity contribution < 1.29 is 4.74 Å². The van der Waals surface area contributed by atoms with Crippen molar-refractivity contribution in [3.63, 3.8) is 0 Å². The average molecular weight is 547 g/mol. The molecule has 0 heterocycles. The molecule has 0 aliphatic carbocycles. The Morgan fingerprint density at radius 1 is 0.711 bits per heavy atom. The molecule has 0 fully saturated rings. The number of aryl methyl sites for hydroxylation is 1. The van der Waals surface area contributed by atoms with Crippen LogP contribution in [0.4, 0.5) is 0 Å². The van der Waals surface area contributed by atoms with Crippen LogP contribution in [0.2, 0.25) is 0 Å². The molecule has 3 aromatic carbocycles. The average Bonchev–Trinajstić information content (AvgIpc) is 2.94. The number of benzene rings is 3. The molecule has 1 nitrogen and oxygen atoms in total. The van der Waals surface area contributed by atoms with Crippen LogP contribution in [-0.4, -0.2) is 5.05 Å². The molecule has 0 aliphatic rings. The van der Waals surface area contributed by atoms with Crippen molar-refractivity contribution in [2.24, 2.45) is 0 Å². The number of unbranched alkanes of at least 4 members (excludes halogenated alkanes) is 6. The largest absolute Gasteiger partial charge is 0.472 e. The summed E-state index contributed by atoms with van der Waals surface area (Å²) >= 11 is 11.0. The highest BCUT2D eigenvalue weighted by Crippen LogP contribution is 2.43. The van der Waals surface area contributed by atoms with Gasteiger partial charge in [-0.05, 0) is 61.0 Å². The molecule has 204 valence electrons. The number of ether oxygens (including phenoxy) is 1. The zero-order valence-corrected chi connectivity index (χ0v) is 25.4. The second-order valence-corrected chi connectivity index (χ2v) is 11.3. The van der Waals surface area contributed by atoms with Gasteiger partial charge in [-0.3, -0.25) is 0 Å². The molecule has 1 unspecified atom stereocenters. The molecule has 0 aromatic heterocycles. The summed E-state index contributed by atoms with van der Waals surface area (Å²) in [6.07, 6.45) is 14.1. The van der Waals surface area contributed by atoms with Gasteiger partial charge in [-0.25, -0.2) is 0 Å². The quantitative estimate of drug-likeness (QED) is 0.109. The van der Waals surface area contributed by atoms with Crippen LogP contribution in [0.3, 0.4) is 0 Å². The zero-order chi connectivity index (χ0) is 27.2. The minimum atomic E-state index is -0.499. The van der Waals surface area contributed by atoms with Crippen molar-refractivity contribution in [1.82, 2.24) is 0 Å². The highest BCUT2D eigenvalue weighted by atomic mass is 32.1. The van der Waals surface area contributed by atoms with E-state index in [-0.39, 0.29) is 0 Å². The molecule has 38 heavy (non-hydrogen) atoms. The van der Waals surface area contributed by atoms with Crippen LogP contribution >= 0.6 is 24.8 Å². The third-order valence-electron chi connectivity index (χ3n) is 7.50. The number of hydrogen-bond acceptors (Lipinski definition) is 3. The lowest BCUT2D eigenvalue weighted by molar-refractivity contribution is 0.0326. The van der Waals surface area contributed by atoms with Crippen LogP contribution in [0.1, 0.15) is 108 Å². The van der Waals surface area contributed by atoms with E-state index >= 15 is 0 Å². The summed E-state index contributed by atoms with van der Waals surface area (Å²) < 4.78 is 6.88. The summed E-state index contributed by atoms with van der Waals surface area (Å²) in [5.41, 5.74) is 5.32. The number of rotatable bonds is 16. The molecule has 0 radical (unpaired) electrons. The summed E-state index contributed by atoms with van der Waals surface area (Å²) in [6.45, 7) is 6.73. The van der Waals surface area contributed by atoms with Gasteiger partial charge in [0.15, 0.2) is 5.05 Å². The van der Waals surface area contributed by atoms with E-state index in [4.69, 9.17) is 29.6 Å². The Balaban J connectivity index is 1.82. The second-order valence-electron chi connectivity index (χ2n) is 10.5. The van der Waals surface area contributed by atoms with Gasteiger partial charge in [-0.2, -0.15) is 0 Å². The van der Waals surface area contributed by atoms with Crippen molar-refractivity contribution >= 4 is 29.9 Å². The van der Waals surface area contributed by atoms with Crippen LogP contribution < -0.4 is 0 Å². The van der Waals surface area contributed by atoms with Crippen molar-refractivity contribution in [3.8, 4) is 11.1 Å². The molecule has 0 aliphatic heterocycles. The van der Waals surface area contributed by atoms with E-state index in [1.807, 2.05) is 0 Å². The number of thiocarbonyl (C=S) groups is 1. The standard InChI is InChI=1S/C35H46OS2/c1-4-7-9-10-11-13-17-28-22-24-30(25-23-28)34(38)36-35(26-6-3,27-8-5-2)32-21-16-20-31(33(32)37)29-18-14-12-15-19-29/h12,14-16,18-25,37H,4-11,13,17,26-27H2,1-3H3. The predicted octanol–water partition coefficient (Wildman–Crippen LogP) is 11.1. The minimum absolute atomic E-state index is 0.499. The van der Waals surface area contributed by atoms with Crippen LogP contribution in [-0.2, 0) is 16.8 Å². The Morgan fingerprint density at radius 3 is 2.08 bits per heavy atom. The summed E-state index contributed by atoms with van der Waals surface area (Å²) in [5.74, 6) is 0. The maximum Gasteiger partial charge on any atom is 0.192 e. The normalized spacial score (nSPS) is 12.7. The Kier molecular flexibility index (Phi) is 12.9. The molecule has 3 rings (SSSR count). The Hall–Kier alpha value is -2.10. The Bertz CT molecular complexity index is 1110. The first-order chi connectivity index (χ1) is 18.5. The van der Waals surface area contributed by atoms with E-state index in [1.54, 1.807) is 0 Å². The van der Waals surface area contributed by atoms with Gasteiger partial charge < -0.3 is 4.74 Å². The van der Waals surface area contributed by atoms with E-state index in [2.05, 4.69) is 93.6 Å². The molecule has 0 saturated heterocycles. The van der Waals surface area contributed by atoms with Gasteiger partial charge in [-0.15, -0.1) is 12.6 Å². The van der Waals surface area contributed by atoms with Gasteiger partial charge in [0.25, 0.3) is 0 Å². The maximum absolute atomic E-state index is 6.88. The summed E-state index contributed by atoms with van der Waals surface area (Å²) in [5, 5.41) is 0.582. The van der Waals surface area contributed by atoms with Crippen LogP contribution in [0.25, 0.3) is 11.1 Å². The monoisotopic (exact) mass is 546 g/mol. The summed E-state index contributed by atoms with van der Waals surface area (Å²) in [6, 6.07) is 25.7. The van der Waals surface area contributed by atoms with Gasteiger partial charge >= 0.3 is 0 Å². The fourth-order valence-corrected chi connectivity index (χ4v) is 6.11. The van der Waals surface area contributed by atoms with Crippen LogP contribution in [0.5, 0.6) is 0 Å². The van der Waals surface area contributed by atoms with Gasteiger partial charge in [-0.1, -0.05) is 139 Å². The van der Waals surface area contributed by atoms with Crippen molar-refractivity contribution in [2.45, 2.75) is 108 Å². The van der Waals surface area contributed by atoms with Crippen LogP contribution in [0, 0.1) is 0 Å². The molecule has 0 saturated carbocycles. The maximum atomic E-state index is 6.88. The van der Waals surface area contributed by atoms with Crippen LogP contribution in [0.15, 0.2) is 77.7 Å². The van der Waals surface area contributed by atoms with Gasteiger partial charge in [0.1, 0.15) is 5.60 Å². The first kappa shape index (κ1) is 30.4. The van der Waals surface area contributed by atoms with E-state index < -0.39 is 5.60 Å². The molecule has 0 N–H and O–H groups in total. The van der Waals surface area contributed by atoms with Gasteiger partial charge in [0.2, 0.25) is 0 Å². The molecule has 3 aromatic rings. The highest BCUT2D eigenvalue weighted by molar-refractivity contribution is 7.80. The first-order valence-electron chi connectivity index (χ1n) is 14.7. The lowest BCUT2D eigenvalue weighted by Crippen LogP contribution is -2.33. The first-order valence-corrected chi connectivity index (χ1v) is 15.6. The molecule has 0 amide bonds. The fourth-order valence-electron chi connectivity index (χ4n) is 5.33. The van der Waals surface area contributed by atoms with Gasteiger partial charge in [0, 0.05) is 16.0 Å². The smallest absolute Gasteiger partial charge is 0.192 e. The molecular weight excluding hydrogens is 501 g/mol. The fraction of sp³-hybridized carbons (Fsp3) is 0.457. The summed E-state index contributed by atoms with van der Waals surface area (Å²) in [7, 11) is 0.